The van der Waals surface area contributed by atoms with Crippen molar-refractivity contribution in [3.63, 3.8) is 0 Å². The molecule has 9 nitrogen and oxygen atoms in total. The highest BCUT2D eigenvalue weighted by Gasteiger charge is 2.17. The SMILES string of the molecule is CCOc1ccc(/C=C(\C#N)C(=O)Oc2ccc(/C=C(\C#N)C(=O)NCc3ccco3)cc2OCC)cc1. The fraction of sp³-hybridized carbons (Fsp3) is 0.172. The Hall–Kier alpha value is -5.28. The highest BCUT2D eigenvalue weighted by atomic mass is 16.6. The molecule has 1 amide bonds. The van der Waals surface area contributed by atoms with Crippen LogP contribution in [-0.4, -0.2) is 25.1 Å². The van der Waals surface area contributed by atoms with E-state index in [0.717, 1.165) is 0 Å². The van der Waals surface area contributed by atoms with Crippen molar-refractivity contribution in [3.8, 4) is 29.4 Å². The predicted octanol–water partition coefficient (Wildman–Crippen LogP) is 4.81. The first-order valence-electron chi connectivity index (χ1n) is 11.7. The van der Waals surface area contributed by atoms with Crippen molar-refractivity contribution in [1.29, 1.82) is 10.5 Å². The fourth-order valence-corrected chi connectivity index (χ4v) is 3.24. The van der Waals surface area contributed by atoms with E-state index in [-0.39, 0.29) is 35.8 Å². The van der Waals surface area contributed by atoms with Crippen LogP contribution in [0.1, 0.15) is 30.7 Å². The van der Waals surface area contributed by atoms with Gasteiger partial charge in [-0.2, -0.15) is 10.5 Å². The number of rotatable bonds is 11. The number of ether oxygens (including phenoxy) is 3. The number of carbonyl (C=O) groups excluding carboxylic acids is 2. The summed E-state index contributed by atoms with van der Waals surface area (Å²) in [5.74, 6) is 0.0875. The first kappa shape index (κ1) is 27.3. The number of furan rings is 1. The summed E-state index contributed by atoms with van der Waals surface area (Å²) in [6.45, 7) is 4.55. The van der Waals surface area contributed by atoms with Crippen molar-refractivity contribution in [2.75, 3.05) is 13.2 Å². The molecule has 0 aliphatic rings. The average Bonchev–Trinajstić information content (AvgIpc) is 3.45. The molecule has 38 heavy (non-hydrogen) atoms. The van der Waals surface area contributed by atoms with Gasteiger partial charge in [0, 0.05) is 0 Å². The Morgan fingerprint density at radius 3 is 2.21 bits per heavy atom. The topological polar surface area (TPSA) is 135 Å². The molecule has 1 N–H and O–H groups in total. The number of nitrogens with zero attached hydrogens (tertiary/aromatic N) is 2. The molecule has 9 heteroatoms. The largest absolute Gasteiger partial charge is 0.494 e. The molecule has 0 unspecified atom stereocenters. The van der Waals surface area contributed by atoms with E-state index in [1.54, 1.807) is 49.4 Å². The highest BCUT2D eigenvalue weighted by Crippen LogP contribution is 2.30. The minimum absolute atomic E-state index is 0.0858. The second-order valence-electron chi connectivity index (χ2n) is 7.63. The maximum atomic E-state index is 12.7. The first-order chi connectivity index (χ1) is 18.5. The van der Waals surface area contributed by atoms with Crippen molar-refractivity contribution in [1.82, 2.24) is 5.32 Å². The minimum Gasteiger partial charge on any atom is -0.494 e. The summed E-state index contributed by atoms with van der Waals surface area (Å²) in [7, 11) is 0. The third-order valence-corrected chi connectivity index (χ3v) is 4.99. The second kappa shape index (κ2) is 13.7. The van der Waals surface area contributed by atoms with E-state index < -0.39 is 11.9 Å². The van der Waals surface area contributed by atoms with Gasteiger partial charge < -0.3 is 23.9 Å². The lowest BCUT2D eigenvalue weighted by Gasteiger charge is -2.11. The van der Waals surface area contributed by atoms with Crippen LogP contribution in [-0.2, 0) is 16.1 Å². The number of hydrogen-bond donors (Lipinski definition) is 1. The number of benzene rings is 2. The zero-order valence-electron chi connectivity index (χ0n) is 20.9. The summed E-state index contributed by atoms with van der Waals surface area (Å²) < 4.78 is 21.6. The summed E-state index contributed by atoms with van der Waals surface area (Å²) in [5.41, 5.74) is 0.764. The van der Waals surface area contributed by atoms with Crippen LogP contribution in [0.4, 0.5) is 0 Å². The molecule has 0 fully saturated rings. The van der Waals surface area contributed by atoms with Gasteiger partial charge in [0.2, 0.25) is 0 Å². The standard InChI is InChI=1S/C29H25N3O6/c1-3-35-24-10-7-20(8-11-24)14-23(18-31)29(34)38-26-12-9-21(16-27(26)36-4-2)15-22(17-30)28(33)32-19-25-6-5-13-37-25/h5-16H,3-4,19H2,1-2H3,(H,32,33)/b22-15+,23-14+. The van der Waals surface area contributed by atoms with Crippen LogP contribution in [0.3, 0.4) is 0 Å². The molecule has 3 aromatic rings. The third kappa shape index (κ3) is 7.61. The van der Waals surface area contributed by atoms with E-state index in [9.17, 15) is 20.1 Å². The number of hydrogen-bond acceptors (Lipinski definition) is 8. The van der Waals surface area contributed by atoms with Crippen LogP contribution in [0.25, 0.3) is 12.2 Å². The summed E-state index contributed by atoms with van der Waals surface area (Å²) in [5, 5.41) is 21.6. The Morgan fingerprint density at radius 2 is 1.58 bits per heavy atom. The van der Waals surface area contributed by atoms with Gasteiger partial charge in [-0.25, -0.2) is 4.79 Å². The molecule has 0 saturated heterocycles. The third-order valence-electron chi connectivity index (χ3n) is 4.99. The predicted molar refractivity (Wildman–Crippen MR) is 139 cm³/mol. The molecule has 0 aliphatic heterocycles. The Bertz CT molecular complexity index is 1410. The second-order valence-corrected chi connectivity index (χ2v) is 7.63. The molecule has 2 aromatic carbocycles. The van der Waals surface area contributed by atoms with Gasteiger partial charge >= 0.3 is 5.97 Å². The van der Waals surface area contributed by atoms with Gasteiger partial charge in [-0.05, 0) is 73.5 Å². The van der Waals surface area contributed by atoms with Gasteiger partial charge in [0.1, 0.15) is 34.8 Å². The van der Waals surface area contributed by atoms with Crippen LogP contribution in [0.5, 0.6) is 17.2 Å². The van der Waals surface area contributed by atoms with Gasteiger partial charge in [-0.3, -0.25) is 4.79 Å². The van der Waals surface area contributed by atoms with E-state index in [1.165, 1.54) is 30.5 Å². The molecule has 0 bridgehead atoms. The number of nitrogens with one attached hydrogen (secondary N) is 1. The molecular formula is C29H25N3O6. The summed E-state index contributed by atoms with van der Waals surface area (Å²) >= 11 is 0. The lowest BCUT2D eigenvalue weighted by molar-refractivity contribution is -0.129. The number of amides is 1. The van der Waals surface area contributed by atoms with Crippen LogP contribution in [0, 0.1) is 22.7 Å². The zero-order valence-corrected chi connectivity index (χ0v) is 20.9. The van der Waals surface area contributed by atoms with E-state index in [0.29, 0.717) is 29.2 Å². The van der Waals surface area contributed by atoms with E-state index >= 15 is 0 Å². The average molecular weight is 512 g/mol. The summed E-state index contributed by atoms with van der Waals surface area (Å²) in [6.07, 6.45) is 4.29. The first-order valence-corrected chi connectivity index (χ1v) is 11.7. The zero-order chi connectivity index (χ0) is 27.3. The maximum absolute atomic E-state index is 12.7. The van der Waals surface area contributed by atoms with Crippen LogP contribution >= 0.6 is 0 Å². The summed E-state index contributed by atoms with van der Waals surface area (Å²) in [4.78, 5) is 25.2. The smallest absolute Gasteiger partial charge is 0.354 e. The van der Waals surface area contributed by atoms with Gasteiger partial charge in [0.05, 0.1) is 26.0 Å². The molecule has 0 aliphatic carbocycles. The van der Waals surface area contributed by atoms with Gasteiger partial charge in [-0.1, -0.05) is 18.2 Å². The number of nitriles is 2. The highest BCUT2D eigenvalue weighted by molar-refractivity contribution is 6.02. The molecule has 0 saturated carbocycles. The molecule has 1 aromatic heterocycles. The Balaban J connectivity index is 1.77. The van der Waals surface area contributed by atoms with Crippen LogP contribution < -0.4 is 19.5 Å². The molecular weight excluding hydrogens is 486 g/mol. The fourth-order valence-electron chi connectivity index (χ4n) is 3.24. The normalized spacial score (nSPS) is 11.2. The molecule has 1 heterocycles. The van der Waals surface area contributed by atoms with Crippen LogP contribution in [0.2, 0.25) is 0 Å². The molecule has 0 spiro atoms. The van der Waals surface area contributed by atoms with Crippen molar-refractivity contribution in [2.45, 2.75) is 20.4 Å². The minimum atomic E-state index is -0.861. The quantitative estimate of drug-likeness (QED) is 0.168. The molecule has 0 radical (unpaired) electrons. The van der Waals surface area contributed by atoms with Gasteiger partial charge in [0.25, 0.3) is 5.91 Å². The van der Waals surface area contributed by atoms with Crippen molar-refractivity contribution < 1.29 is 28.2 Å². The van der Waals surface area contributed by atoms with Crippen molar-refractivity contribution in [2.24, 2.45) is 0 Å². The number of esters is 1. The van der Waals surface area contributed by atoms with E-state index in [4.69, 9.17) is 18.6 Å². The van der Waals surface area contributed by atoms with Crippen LogP contribution in [0.15, 0.2) is 76.4 Å². The Labute approximate surface area is 220 Å². The Morgan fingerprint density at radius 1 is 0.895 bits per heavy atom. The monoisotopic (exact) mass is 511 g/mol. The lowest BCUT2D eigenvalue weighted by Crippen LogP contribution is -2.23. The van der Waals surface area contributed by atoms with Crippen molar-refractivity contribution >= 4 is 24.0 Å². The van der Waals surface area contributed by atoms with Gasteiger partial charge in [0.15, 0.2) is 11.5 Å². The summed E-state index contributed by atoms with van der Waals surface area (Å²) in [6, 6.07) is 18.6. The molecule has 3 rings (SSSR count). The van der Waals surface area contributed by atoms with E-state index in [1.807, 2.05) is 19.1 Å². The van der Waals surface area contributed by atoms with Gasteiger partial charge in [-0.15, -0.1) is 0 Å². The van der Waals surface area contributed by atoms with Crippen molar-refractivity contribution in [3.05, 3.63) is 88.9 Å². The lowest BCUT2D eigenvalue weighted by atomic mass is 10.1. The molecule has 192 valence electrons. The Kier molecular flexibility index (Phi) is 9.86. The van der Waals surface area contributed by atoms with E-state index in [2.05, 4.69) is 5.32 Å². The number of carbonyl (C=O) groups is 2. The maximum Gasteiger partial charge on any atom is 0.354 e. The molecule has 0 atom stereocenters.